The minimum atomic E-state index is -2.29. The first-order valence-corrected chi connectivity index (χ1v) is 8.30. The smallest absolute Gasteiger partial charge is 0.260 e. The van der Waals surface area contributed by atoms with Crippen LogP contribution in [0.15, 0.2) is 42.5 Å². The highest BCUT2D eigenvalue weighted by atomic mass is 35.5. The van der Waals surface area contributed by atoms with E-state index in [2.05, 4.69) is 20.0 Å². The van der Waals surface area contributed by atoms with Gasteiger partial charge in [-0.2, -0.15) is 0 Å². The Kier molecular flexibility index (Phi) is 4.79. The second kappa shape index (κ2) is 7.00. The standard InChI is InChI=1S/C15H13ClN4O3S/c1-23-9-6-7-10(16)13(8-9)19-14-15(20-24(21)22)18-12-5-3-2-4-11(12)17-14/h2-8H,1H3,(H,17,19)(H,18,20)(H,21,22). The molecule has 0 fully saturated rings. The highest BCUT2D eigenvalue weighted by molar-refractivity contribution is 7.80. The highest BCUT2D eigenvalue weighted by Gasteiger charge is 2.13. The van der Waals surface area contributed by atoms with Crippen molar-refractivity contribution >= 4 is 51.2 Å². The Balaban J connectivity index is 2.08. The third-order valence-corrected chi connectivity index (χ3v) is 3.88. The molecule has 0 saturated carbocycles. The molecule has 124 valence electrons. The number of benzene rings is 2. The molecule has 0 aliphatic heterocycles. The van der Waals surface area contributed by atoms with Crippen LogP contribution in [0.4, 0.5) is 17.3 Å². The lowest BCUT2D eigenvalue weighted by Crippen LogP contribution is -2.08. The first-order chi connectivity index (χ1) is 11.6. The van der Waals surface area contributed by atoms with E-state index in [4.69, 9.17) is 20.9 Å². The molecule has 0 aliphatic rings. The van der Waals surface area contributed by atoms with Crippen molar-refractivity contribution in [1.29, 1.82) is 0 Å². The summed E-state index contributed by atoms with van der Waals surface area (Å²) in [6.45, 7) is 0. The molecule has 0 spiro atoms. The molecule has 3 aromatic rings. The average molecular weight is 365 g/mol. The first-order valence-electron chi connectivity index (χ1n) is 6.81. The number of fused-ring (bicyclic) bond motifs is 1. The normalized spacial score (nSPS) is 12.0. The van der Waals surface area contributed by atoms with Gasteiger partial charge < -0.3 is 10.1 Å². The molecule has 1 heterocycles. The number of halogens is 1. The molecule has 3 rings (SSSR count). The average Bonchev–Trinajstić information content (AvgIpc) is 2.56. The van der Waals surface area contributed by atoms with Crippen molar-refractivity contribution in [1.82, 2.24) is 9.97 Å². The molecule has 2 aromatic carbocycles. The van der Waals surface area contributed by atoms with Gasteiger partial charge in [-0.1, -0.05) is 23.7 Å². The van der Waals surface area contributed by atoms with Gasteiger partial charge in [0.2, 0.25) is 0 Å². The number of nitrogens with one attached hydrogen (secondary N) is 2. The Morgan fingerprint density at radius 3 is 2.42 bits per heavy atom. The first kappa shape index (κ1) is 16.4. The van der Waals surface area contributed by atoms with E-state index < -0.39 is 11.3 Å². The van der Waals surface area contributed by atoms with Crippen LogP contribution in [0.25, 0.3) is 11.0 Å². The number of hydrogen-bond donors (Lipinski definition) is 3. The van der Waals surface area contributed by atoms with Gasteiger partial charge in [0, 0.05) is 6.07 Å². The van der Waals surface area contributed by atoms with Crippen molar-refractivity contribution < 1.29 is 13.5 Å². The fraction of sp³-hybridized carbons (Fsp3) is 0.0667. The topological polar surface area (TPSA) is 96.4 Å². The van der Waals surface area contributed by atoms with Crippen molar-refractivity contribution in [3.05, 3.63) is 47.5 Å². The number of methoxy groups -OCH3 is 1. The third kappa shape index (κ3) is 3.56. The Hall–Kier alpha value is -2.42. The van der Waals surface area contributed by atoms with Crippen LogP contribution in [0.1, 0.15) is 0 Å². The number of hydrogen-bond acceptors (Lipinski definition) is 5. The van der Waals surface area contributed by atoms with E-state index in [1.807, 2.05) is 12.1 Å². The van der Waals surface area contributed by atoms with Gasteiger partial charge in [-0.05, 0) is 24.3 Å². The quantitative estimate of drug-likeness (QED) is 0.599. The Morgan fingerprint density at radius 2 is 1.79 bits per heavy atom. The lowest BCUT2D eigenvalue weighted by Gasteiger charge is -2.13. The fourth-order valence-corrected chi connectivity index (χ4v) is 2.57. The summed E-state index contributed by atoms with van der Waals surface area (Å²) >= 11 is 3.89. The molecule has 1 aromatic heterocycles. The number of ether oxygens (including phenoxy) is 1. The summed E-state index contributed by atoms with van der Waals surface area (Å²) < 4.78 is 27.8. The summed E-state index contributed by atoms with van der Waals surface area (Å²) in [5, 5.41) is 3.47. The zero-order valence-electron chi connectivity index (χ0n) is 12.5. The molecule has 9 heteroatoms. The molecular weight excluding hydrogens is 352 g/mol. The predicted octanol–water partition coefficient (Wildman–Crippen LogP) is 3.58. The van der Waals surface area contributed by atoms with Gasteiger partial charge in [0.25, 0.3) is 11.3 Å². The van der Waals surface area contributed by atoms with Crippen LogP contribution >= 0.6 is 11.6 Å². The van der Waals surface area contributed by atoms with Crippen LogP contribution in [0.5, 0.6) is 5.75 Å². The second-order valence-corrected chi connectivity index (χ2v) is 5.84. The summed E-state index contributed by atoms with van der Waals surface area (Å²) in [7, 11) is 1.55. The third-order valence-electron chi connectivity index (χ3n) is 3.18. The minimum absolute atomic E-state index is 0.133. The molecule has 7 nitrogen and oxygen atoms in total. The zero-order valence-corrected chi connectivity index (χ0v) is 14.1. The van der Waals surface area contributed by atoms with Gasteiger partial charge in [-0.3, -0.25) is 9.27 Å². The molecule has 1 atom stereocenters. The summed E-state index contributed by atoms with van der Waals surface area (Å²) in [6, 6.07) is 12.3. The number of aromatic nitrogens is 2. The van der Waals surface area contributed by atoms with Crippen LogP contribution in [0.2, 0.25) is 5.02 Å². The second-order valence-electron chi connectivity index (χ2n) is 4.73. The van der Waals surface area contributed by atoms with Crippen LogP contribution in [0.3, 0.4) is 0 Å². The molecule has 0 bridgehead atoms. The number of anilines is 3. The zero-order chi connectivity index (χ0) is 17.1. The maximum absolute atomic E-state index is 11.1. The largest absolute Gasteiger partial charge is 0.497 e. The van der Waals surface area contributed by atoms with Crippen molar-refractivity contribution in [3.8, 4) is 5.75 Å². The number of nitrogens with zero attached hydrogens (tertiary/aromatic N) is 2. The molecule has 0 saturated heterocycles. The van der Waals surface area contributed by atoms with Crippen molar-refractivity contribution in [2.45, 2.75) is 0 Å². The molecule has 1 unspecified atom stereocenters. The highest BCUT2D eigenvalue weighted by Crippen LogP contribution is 2.31. The predicted molar refractivity (Wildman–Crippen MR) is 95.2 cm³/mol. The summed E-state index contributed by atoms with van der Waals surface area (Å²) in [4.78, 5) is 8.76. The van der Waals surface area contributed by atoms with Gasteiger partial charge in [-0.25, -0.2) is 14.2 Å². The Labute approximate surface area is 145 Å². The van der Waals surface area contributed by atoms with E-state index in [1.54, 1.807) is 37.4 Å². The maximum Gasteiger partial charge on any atom is 0.260 e. The molecular formula is C15H13ClN4O3S. The number of para-hydroxylation sites is 2. The van der Waals surface area contributed by atoms with Crippen molar-refractivity contribution in [2.75, 3.05) is 17.1 Å². The van der Waals surface area contributed by atoms with Crippen LogP contribution < -0.4 is 14.8 Å². The van der Waals surface area contributed by atoms with E-state index in [-0.39, 0.29) is 11.6 Å². The summed E-state index contributed by atoms with van der Waals surface area (Å²) in [6.07, 6.45) is 0. The van der Waals surface area contributed by atoms with Crippen LogP contribution in [0, 0.1) is 0 Å². The van der Waals surface area contributed by atoms with Gasteiger partial charge in [0.1, 0.15) is 5.75 Å². The monoisotopic (exact) mass is 364 g/mol. The molecule has 24 heavy (non-hydrogen) atoms. The van der Waals surface area contributed by atoms with Crippen LogP contribution in [-0.4, -0.2) is 25.8 Å². The molecule has 0 amide bonds. The van der Waals surface area contributed by atoms with Crippen molar-refractivity contribution in [3.63, 3.8) is 0 Å². The van der Waals surface area contributed by atoms with E-state index in [9.17, 15) is 4.21 Å². The van der Waals surface area contributed by atoms with E-state index in [0.717, 1.165) is 0 Å². The summed E-state index contributed by atoms with van der Waals surface area (Å²) in [5.74, 6) is 1.01. The minimum Gasteiger partial charge on any atom is -0.497 e. The van der Waals surface area contributed by atoms with Crippen molar-refractivity contribution in [2.24, 2.45) is 0 Å². The SMILES string of the molecule is COc1ccc(Cl)c(Nc2nc3ccccc3nc2NS(=O)O)c1. The Bertz CT molecular complexity index is 922. The molecule has 3 N–H and O–H groups in total. The van der Waals surface area contributed by atoms with Gasteiger partial charge in [0.05, 0.1) is 28.9 Å². The van der Waals surface area contributed by atoms with Crippen LogP contribution in [-0.2, 0) is 11.3 Å². The van der Waals surface area contributed by atoms with Gasteiger partial charge in [0.15, 0.2) is 11.6 Å². The lowest BCUT2D eigenvalue weighted by molar-refractivity contribution is 0.415. The maximum atomic E-state index is 11.1. The lowest BCUT2D eigenvalue weighted by atomic mass is 10.3. The molecule has 0 radical (unpaired) electrons. The number of rotatable bonds is 5. The summed E-state index contributed by atoms with van der Waals surface area (Å²) in [5.41, 5.74) is 1.76. The van der Waals surface area contributed by atoms with E-state index >= 15 is 0 Å². The molecule has 0 aliphatic carbocycles. The van der Waals surface area contributed by atoms with Gasteiger partial charge >= 0.3 is 0 Å². The fourth-order valence-electron chi connectivity index (χ4n) is 2.10. The van der Waals surface area contributed by atoms with Gasteiger partial charge in [-0.15, -0.1) is 0 Å². The van der Waals surface area contributed by atoms with E-state index in [0.29, 0.717) is 27.5 Å². The van der Waals surface area contributed by atoms with E-state index in [1.165, 1.54) is 0 Å². The Morgan fingerprint density at radius 1 is 1.12 bits per heavy atom.